The van der Waals surface area contributed by atoms with Gasteiger partial charge < -0.3 is 14.5 Å². The zero-order chi connectivity index (χ0) is 18.8. The molecule has 0 unspecified atom stereocenters. The van der Waals surface area contributed by atoms with Crippen LogP contribution >= 0.6 is 0 Å². The Kier molecular flexibility index (Phi) is 5.03. The van der Waals surface area contributed by atoms with E-state index in [0.29, 0.717) is 24.0 Å². The first kappa shape index (κ1) is 17.9. The number of rotatable bonds is 5. The van der Waals surface area contributed by atoms with E-state index in [0.717, 1.165) is 21.9 Å². The second-order valence-corrected chi connectivity index (χ2v) is 7.40. The highest BCUT2D eigenvalue weighted by molar-refractivity contribution is 6.07. The summed E-state index contributed by atoms with van der Waals surface area (Å²) in [4.78, 5) is 14.8. The van der Waals surface area contributed by atoms with Crippen LogP contribution in [0, 0.1) is 0 Å². The van der Waals surface area contributed by atoms with Crippen LogP contribution < -0.4 is 10.1 Å². The minimum atomic E-state index is -0.0307. The van der Waals surface area contributed by atoms with Crippen LogP contribution in [0.1, 0.15) is 32.1 Å². The molecule has 2 aromatic carbocycles. The highest BCUT2D eigenvalue weighted by Crippen LogP contribution is 2.36. The van der Waals surface area contributed by atoms with E-state index in [2.05, 4.69) is 10.2 Å². The van der Waals surface area contributed by atoms with E-state index in [1.807, 2.05) is 43.4 Å². The van der Waals surface area contributed by atoms with Gasteiger partial charge in [-0.2, -0.15) is 0 Å². The lowest BCUT2D eigenvalue weighted by atomic mass is 9.94. The fraction of sp³-hybridized carbons (Fsp3) is 0.409. The van der Waals surface area contributed by atoms with Crippen LogP contribution in [-0.4, -0.2) is 37.6 Å². The Morgan fingerprint density at radius 2 is 1.93 bits per heavy atom. The Morgan fingerprint density at radius 3 is 2.70 bits per heavy atom. The molecule has 3 aromatic rings. The Bertz CT molecular complexity index is 957. The highest BCUT2D eigenvalue weighted by atomic mass is 16.5. The molecule has 0 atom stereocenters. The number of likely N-dealkylation sites (N-methyl/N-ethyl adjacent to an activating group) is 1. The molecule has 0 radical (unpaired) electrons. The lowest BCUT2D eigenvalue weighted by Crippen LogP contribution is -2.39. The lowest BCUT2D eigenvalue weighted by Gasteiger charge is -2.30. The van der Waals surface area contributed by atoms with Gasteiger partial charge in [-0.15, -0.1) is 0 Å². The Labute approximate surface area is 159 Å². The van der Waals surface area contributed by atoms with E-state index in [1.54, 1.807) is 7.11 Å². The largest absolute Gasteiger partial charge is 0.495 e. The van der Waals surface area contributed by atoms with Crippen LogP contribution in [-0.2, 0) is 4.79 Å². The van der Waals surface area contributed by atoms with Gasteiger partial charge in [0.25, 0.3) is 0 Å². The average Bonchev–Trinajstić information content (AvgIpc) is 3.05. The van der Waals surface area contributed by atoms with Crippen molar-refractivity contribution in [3.63, 3.8) is 0 Å². The number of anilines is 1. The van der Waals surface area contributed by atoms with E-state index < -0.39 is 0 Å². The third kappa shape index (κ3) is 3.65. The number of hydrogen-bond donors (Lipinski definition) is 1. The molecule has 1 saturated carbocycles. The number of hydrogen-bond acceptors (Lipinski definition) is 4. The number of carbonyl (C=O) groups excluding carboxylic acids is 1. The van der Waals surface area contributed by atoms with Crippen LogP contribution in [0.4, 0.5) is 5.69 Å². The van der Waals surface area contributed by atoms with E-state index in [4.69, 9.17) is 9.15 Å². The normalized spacial score (nSPS) is 15.5. The molecule has 27 heavy (non-hydrogen) atoms. The Morgan fingerprint density at radius 1 is 1.15 bits per heavy atom. The predicted octanol–water partition coefficient (Wildman–Crippen LogP) is 4.80. The van der Waals surface area contributed by atoms with Crippen molar-refractivity contribution >= 4 is 33.5 Å². The third-order valence-electron chi connectivity index (χ3n) is 5.56. The topological polar surface area (TPSA) is 54.7 Å². The lowest BCUT2D eigenvalue weighted by molar-refractivity contribution is -0.117. The number of amides is 1. The van der Waals surface area contributed by atoms with Crippen molar-refractivity contribution in [1.82, 2.24) is 4.90 Å². The summed E-state index contributed by atoms with van der Waals surface area (Å²) in [7, 11) is 3.66. The van der Waals surface area contributed by atoms with Gasteiger partial charge >= 0.3 is 0 Å². The van der Waals surface area contributed by atoms with Gasteiger partial charge in [0.15, 0.2) is 0 Å². The molecule has 1 aromatic heterocycles. The van der Waals surface area contributed by atoms with Crippen molar-refractivity contribution in [3.8, 4) is 5.75 Å². The SMILES string of the molecule is COc1cc2c(cc1NC(=O)CN(C)C1CCCCC1)oc1ccccc12. The monoisotopic (exact) mass is 366 g/mol. The molecule has 0 bridgehead atoms. The van der Waals surface area contributed by atoms with Crippen molar-refractivity contribution < 1.29 is 13.9 Å². The molecule has 4 rings (SSSR count). The molecule has 1 heterocycles. The number of fused-ring (bicyclic) bond motifs is 3. The molecule has 0 spiro atoms. The Balaban J connectivity index is 1.55. The summed E-state index contributed by atoms with van der Waals surface area (Å²) in [5.74, 6) is 0.611. The highest BCUT2D eigenvalue weighted by Gasteiger charge is 2.21. The second kappa shape index (κ2) is 7.61. The number of para-hydroxylation sites is 1. The van der Waals surface area contributed by atoms with Crippen LogP contribution in [0.5, 0.6) is 5.75 Å². The van der Waals surface area contributed by atoms with E-state index in [9.17, 15) is 4.79 Å². The van der Waals surface area contributed by atoms with Crippen molar-refractivity contribution in [2.75, 3.05) is 26.0 Å². The maximum atomic E-state index is 12.6. The summed E-state index contributed by atoms with van der Waals surface area (Å²) in [6.45, 7) is 0.381. The first-order valence-electron chi connectivity index (χ1n) is 9.65. The van der Waals surface area contributed by atoms with Crippen molar-refractivity contribution in [1.29, 1.82) is 0 Å². The molecule has 1 N–H and O–H groups in total. The van der Waals surface area contributed by atoms with Gasteiger partial charge in [0.1, 0.15) is 16.9 Å². The van der Waals surface area contributed by atoms with Crippen LogP contribution in [0.2, 0.25) is 0 Å². The summed E-state index contributed by atoms with van der Waals surface area (Å²) < 4.78 is 11.5. The summed E-state index contributed by atoms with van der Waals surface area (Å²) in [6, 6.07) is 12.2. The van der Waals surface area contributed by atoms with Gasteiger partial charge in [0, 0.05) is 22.9 Å². The number of carbonyl (C=O) groups is 1. The summed E-state index contributed by atoms with van der Waals surface area (Å²) in [5.41, 5.74) is 2.22. The molecule has 1 amide bonds. The molecule has 1 aliphatic carbocycles. The first-order valence-corrected chi connectivity index (χ1v) is 9.65. The van der Waals surface area contributed by atoms with Crippen LogP contribution in [0.3, 0.4) is 0 Å². The van der Waals surface area contributed by atoms with Crippen LogP contribution in [0.25, 0.3) is 21.9 Å². The number of methoxy groups -OCH3 is 1. The van der Waals surface area contributed by atoms with Gasteiger partial charge in [-0.1, -0.05) is 37.5 Å². The molecule has 5 nitrogen and oxygen atoms in total. The van der Waals surface area contributed by atoms with E-state index in [-0.39, 0.29) is 5.91 Å². The average molecular weight is 366 g/mol. The third-order valence-corrected chi connectivity index (χ3v) is 5.56. The number of benzene rings is 2. The zero-order valence-corrected chi connectivity index (χ0v) is 16.0. The standard InChI is InChI=1S/C22H26N2O3/c1-24(15-8-4-3-5-9-15)14-22(25)23-18-13-20-17(12-21(18)26-2)16-10-6-7-11-19(16)27-20/h6-7,10-13,15H,3-5,8-9,14H2,1-2H3,(H,23,25). The summed E-state index contributed by atoms with van der Waals surface area (Å²) in [5, 5.41) is 5.03. The maximum absolute atomic E-state index is 12.6. The Hall–Kier alpha value is -2.53. The van der Waals surface area contributed by atoms with Crippen molar-refractivity contribution in [2.45, 2.75) is 38.1 Å². The van der Waals surface area contributed by atoms with Crippen LogP contribution in [0.15, 0.2) is 40.8 Å². The minimum absolute atomic E-state index is 0.0307. The fourth-order valence-electron chi connectivity index (χ4n) is 4.09. The van der Waals surface area contributed by atoms with Gasteiger partial charge in [-0.25, -0.2) is 0 Å². The van der Waals surface area contributed by atoms with Gasteiger partial charge in [0.2, 0.25) is 5.91 Å². The second-order valence-electron chi connectivity index (χ2n) is 7.40. The van der Waals surface area contributed by atoms with Gasteiger partial charge in [0.05, 0.1) is 19.3 Å². The zero-order valence-electron chi connectivity index (χ0n) is 16.0. The number of nitrogens with zero attached hydrogens (tertiary/aromatic N) is 1. The molecular formula is C22H26N2O3. The quantitative estimate of drug-likeness (QED) is 0.705. The fourth-order valence-corrected chi connectivity index (χ4v) is 4.09. The summed E-state index contributed by atoms with van der Waals surface area (Å²) >= 11 is 0. The molecule has 0 saturated heterocycles. The number of ether oxygens (including phenoxy) is 1. The van der Waals surface area contributed by atoms with Gasteiger partial charge in [-0.05, 0) is 32.0 Å². The predicted molar refractivity (Wildman–Crippen MR) is 108 cm³/mol. The smallest absolute Gasteiger partial charge is 0.238 e. The maximum Gasteiger partial charge on any atom is 0.238 e. The van der Waals surface area contributed by atoms with Crippen molar-refractivity contribution in [2.24, 2.45) is 0 Å². The molecule has 1 fully saturated rings. The molecular weight excluding hydrogens is 340 g/mol. The molecule has 142 valence electrons. The van der Waals surface area contributed by atoms with Crippen molar-refractivity contribution in [3.05, 3.63) is 36.4 Å². The van der Waals surface area contributed by atoms with E-state index >= 15 is 0 Å². The van der Waals surface area contributed by atoms with Gasteiger partial charge in [-0.3, -0.25) is 9.69 Å². The summed E-state index contributed by atoms with van der Waals surface area (Å²) in [6.07, 6.45) is 6.18. The minimum Gasteiger partial charge on any atom is -0.495 e. The van der Waals surface area contributed by atoms with E-state index in [1.165, 1.54) is 32.1 Å². The number of nitrogens with one attached hydrogen (secondary N) is 1. The first-order chi connectivity index (χ1) is 13.2. The molecule has 0 aliphatic heterocycles. The number of furan rings is 1. The molecule has 1 aliphatic rings. The molecule has 5 heteroatoms.